The number of rotatable bonds is 9. The number of nitrogens with one attached hydrogen (secondary N) is 1. The summed E-state index contributed by atoms with van der Waals surface area (Å²) in [5, 5.41) is 2.64. The van der Waals surface area contributed by atoms with Crippen molar-refractivity contribution in [3.05, 3.63) is 65.2 Å². The quantitative estimate of drug-likeness (QED) is 0.724. The summed E-state index contributed by atoms with van der Waals surface area (Å²) in [6.07, 6.45) is 2.02. The highest BCUT2D eigenvalue weighted by Gasteiger charge is 2.25. The highest BCUT2D eigenvalue weighted by Crippen LogP contribution is 2.16. The summed E-state index contributed by atoms with van der Waals surface area (Å²) >= 11 is 0. The molecule has 0 aromatic heterocycles. The van der Waals surface area contributed by atoms with Gasteiger partial charge in [0.2, 0.25) is 11.8 Å². The number of likely N-dealkylation sites (N-methyl/N-ethyl adjacent to an activating group) is 1. The lowest BCUT2D eigenvalue weighted by Gasteiger charge is -2.28. The molecule has 0 radical (unpaired) electrons. The van der Waals surface area contributed by atoms with Crippen molar-refractivity contribution in [2.24, 2.45) is 0 Å². The molecule has 0 saturated heterocycles. The second-order valence-electron chi connectivity index (χ2n) is 6.83. The van der Waals surface area contributed by atoms with Crippen molar-refractivity contribution in [1.82, 2.24) is 10.2 Å². The Kier molecular flexibility index (Phi) is 8.05. The van der Waals surface area contributed by atoms with E-state index in [9.17, 15) is 9.59 Å². The highest BCUT2D eigenvalue weighted by atomic mass is 16.5. The Morgan fingerprint density at radius 2 is 1.57 bits per heavy atom. The van der Waals surface area contributed by atoms with Crippen LogP contribution in [0.3, 0.4) is 0 Å². The molecule has 0 saturated carbocycles. The van der Waals surface area contributed by atoms with Crippen LogP contribution in [0, 0.1) is 0 Å². The summed E-state index contributed by atoms with van der Waals surface area (Å²) in [4.78, 5) is 26.8. The summed E-state index contributed by atoms with van der Waals surface area (Å²) in [6, 6.07) is 15.4. The number of ether oxygens (including phenoxy) is 1. The fraction of sp³-hybridized carbons (Fsp3) is 0.391. The van der Waals surface area contributed by atoms with E-state index in [-0.39, 0.29) is 11.8 Å². The summed E-state index contributed by atoms with van der Waals surface area (Å²) in [7, 11) is 3.20. The van der Waals surface area contributed by atoms with Gasteiger partial charge in [-0.3, -0.25) is 9.59 Å². The number of hydrogen-bond donors (Lipinski definition) is 1. The molecule has 2 aromatic rings. The van der Waals surface area contributed by atoms with E-state index in [4.69, 9.17) is 4.74 Å². The number of carbonyl (C=O) groups is 2. The molecular weight excluding hydrogens is 352 g/mol. The zero-order chi connectivity index (χ0) is 20.5. The fourth-order valence-electron chi connectivity index (χ4n) is 3.06. The SMILES string of the molecule is CCc1ccc(CCC(=O)N(Cc2ccc(OC)cc2)C(C)C(=O)NC)cc1. The van der Waals surface area contributed by atoms with Crippen molar-refractivity contribution in [2.45, 2.75) is 45.7 Å². The lowest BCUT2D eigenvalue weighted by atomic mass is 10.0. The third kappa shape index (κ3) is 5.84. The Balaban J connectivity index is 2.09. The van der Waals surface area contributed by atoms with Crippen molar-refractivity contribution in [1.29, 1.82) is 0 Å². The van der Waals surface area contributed by atoms with Gasteiger partial charge in [-0.05, 0) is 48.6 Å². The van der Waals surface area contributed by atoms with Gasteiger partial charge in [-0.2, -0.15) is 0 Å². The number of carbonyl (C=O) groups excluding carboxylic acids is 2. The average Bonchev–Trinajstić information content (AvgIpc) is 2.75. The van der Waals surface area contributed by atoms with Gasteiger partial charge >= 0.3 is 0 Å². The molecule has 0 fully saturated rings. The smallest absolute Gasteiger partial charge is 0.242 e. The van der Waals surface area contributed by atoms with E-state index in [0.29, 0.717) is 19.4 Å². The Hall–Kier alpha value is -2.82. The van der Waals surface area contributed by atoms with Crippen LogP contribution >= 0.6 is 0 Å². The highest BCUT2D eigenvalue weighted by molar-refractivity contribution is 5.87. The van der Waals surface area contributed by atoms with Gasteiger partial charge in [-0.25, -0.2) is 0 Å². The first-order chi connectivity index (χ1) is 13.5. The van der Waals surface area contributed by atoms with E-state index in [0.717, 1.165) is 23.3 Å². The van der Waals surface area contributed by atoms with Gasteiger partial charge in [0.1, 0.15) is 11.8 Å². The predicted molar refractivity (Wildman–Crippen MR) is 111 cm³/mol. The van der Waals surface area contributed by atoms with Gasteiger partial charge in [-0.1, -0.05) is 43.3 Å². The van der Waals surface area contributed by atoms with E-state index < -0.39 is 6.04 Å². The Morgan fingerprint density at radius 1 is 1.00 bits per heavy atom. The normalized spacial score (nSPS) is 11.6. The standard InChI is InChI=1S/C23H30N2O3/c1-5-18-6-8-19(9-7-18)12-15-22(26)25(17(2)23(27)24-3)16-20-10-13-21(28-4)14-11-20/h6-11,13-14,17H,5,12,15-16H2,1-4H3,(H,24,27). The molecule has 0 aliphatic carbocycles. The van der Waals surface area contributed by atoms with Crippen LogP contribution in [-0.4, -0.2) is 36.9 Å². The van der Waals surface area contributed by atoms with Gasteiger partial charge in [0.05, 0.1) is 7.11 Å². The minimum absolute atomic E-state index is 0.0357. The number of amides is 2. The first-order valence-electron chi connectivity index (χ1n) is 9.70. The molecule has 1 unspecified atom stereocenters. The summed E-state index contributed by atoms with van der Waals surface area (Å²) in [5.41, 5.74) is 3.36. The zero-order valence-corrected chi connectivity index (χ0v) is 17.2. The molecule has 5 heteroatoms. The van der Waals surface area contributed by atoms with Crippen LogP contribution in [0.4, 0.5) is 0 Å². The van der Waals surface area contributed by atoms with Crippen molar-refractivity contribution in [3.8, 4) is 5.75 Å². The second-order valence-corrected chi connectivity index (χ2v) is 6.83. The molecule has 5 nitrogen and oxygen atoms in total. The molecule has 0 aliphatic heterocycles. The first-order valence-corrected chi connectivity index (χ1v) is 9.70. The number of methoxy groups -OCH3 is 1. The van der Waals surface area contributed by atoms with Crippen LogP contribution in [0.2, 0.25) is 0 Å². The van der Waals surface area contributed by atoms with Crippen molar-refractivity contribution < 1.29 is 14.3 Å². The number of nitrogens with zero attached hydrogens (tertiary/aromatic N) is 1. The zero-order valence-electron chi connectivity index (χ0n) is 17.2. The number of benzene rings is 2. The number of hydrogen-bond acceptors (Lipinski definition) is 3. The topological polar surface area (TPSA) is 58.6 Å². The maximum atomic E-state index is 13.0. The Bertz CT molecular complexity index is 769. The third-order valence-electron chi connectivity index (χ3n) is 4.98. The molecule has 0 aliphatic rings. The van der Waals surface area contributed by atoms with Crippen molar-refractivity contribution >= 4 is 11.8 Å². The van der Waals surface area contributed by atoms with E-state index in [1.807, 2.05) is 24.3 Å². The molecule has 0 spiro atoms. The second kappa shape index (κ2) is 10.5. The molecule has 0 bridgehead atoms. The minimum Gasteiger partial charge on any atom is -0.497 e. The molecule has 1 atom stereocenters. The summed E-state index contributed by atoms with van der Waals surface area (Å²) < 4.78 is 5.18. The molecule has 0 heterocycles. The maximum Gasteiger partial charge on any atom is 0.242 e. The van der Waals surface area contributed by atoms with Gasteiger partial charge in [0.25, 0.3) is 0 Å². The molecular formula is C23H30N2O3. The molecule has 2 amide bonds. The molecule has 2 rings (SSSR count). The summed E-state index contributed by atoms with van der Waals surface area (Å²) in [5.74, 6) is 0.553. The monoisotopic (exact) mass is 382 g/mol. The van der Waals surface area contributed by atoms with Gasteiger partial charge in [-0.15, -0.1) is 0 Å². The summed E-state index contributed by atoms with van der Waals surface area (Å²) in [6.45, 7) is 4.26. The van der Waals surface area contributed by atoms with Crippen LogP contribution in [0.1, 0.15) is 37.0 Å². The lowest BCUT2D eigenvalue weighted by Crippen LogP contribution is -2.46. The van der Waals surface area contributed by atoms with Gasteiger partial charge < -0.3 is 15.0 Å². The van der Waals surface area contributed by atoms with Crippen LogP contribution in [-0.2, 0) is 29.0 Å². The molecule has 2 aromatic carbocycles. The Morgan fingerprint density at radius 3 is 2.11 bits per heavy atom. The van der Waals surface area contributed by atoms with E-state index >= 15 is 0 Å². The third-order valence-corrected chi connectivity index (χ3v) is 4.98. The van der Waals surface area contributed by atoms with Crippen LogP contribution in [0.25, 0.3) is 0 Å². The largest absolute Gasteiger partial charge is 0.497 e. The lowest BCUT2D eigenvalue weighted by molar-refractivity contribution is -0.140. The van der Waals surface area contributed by atoms with Crippen LogP contribution in [0.15, 0.2) is 48.5 Å². The number of aryl methyl sites for hydroxylation is 2. The van der Waals surface area contributed by atoms with E-state index in [2.05, 4.69) is 36.5 Å². The van der Waals surface area contributed by atoms with Gasteiger partial charge in [0, 0.05) is 20.0 Å². The van der Waals surface area contributed by atoms with E-state index in [1.54, 1.807) is 26.0 Å². The molecule has 1 N–H and O–H groups in total. The fourth-order valence-corrected chi connectivity index (χ4v) is 3.06. The van der Waals surface area contributed by atoms with Crippen molar-refractivity contribution in [2.75, 3.05) is 14.2 Å². The average molecular weight is 383 g/mol. The van der Waals surface area contributed by atoms with Gasteiger partial charge in [0.15, 0.2) is 0 Å². The maximum absolute atomic E-state index is 13.0. The minimum atomic E-state index is -0.540. The van der Waals surface area contributed by atoms with Crippen LogP contribution in [0.5, 0.6) is 5.75 Å². The molecule has 150 valence electrons. The van der Waals surface area contributed by atoms with Crippen LogP contribution < -0.4 is 10.1 Å². The van der Waals surface area contributed by atoms with Crippen molar-refractivity contribution in [3.63, 3.8) is 0 Å². The predicted octanol–water partition coefficient (Wildman–Crippen LogP) is 3.35. The molecule has 28 heavy (non-hydrogen) atoms. The van der Waals surface area contributed by atoms with E-state index in [1.165, 1.54) is 5.56 Å². The Labute approximate surface area is 167 Å². The first kappa shape index (κ1) is 21.5.